The number of alkyl halides is 1. The summed E-state index contributed by atoms with van der Waals surface area (Å²) in [6, 6.07) is 0. The van der Waals surface area contributed by atoms with Crippen LogP contribution in [0.15, 0.2) is 11.3 Å². The van der Waals surface area contributed by atoms with Gasteiger partial charge >= 0.3 is 5.97 Å². The number of hydrogen-bond acceptors (Lipinski definition) is 2. The summed E-state index contributed by atoms with van der Waals surface area (Å²) in [7, 11) is 0. The summed E-state index contributed by atoms with van der Waals surface area (Å²) in [6.07, 6.45) is 0.319. The first-order chi connectivity index (χ1) is 4.59. The Morgan fingerprint density at radius 3 is 2.30 bits per heavy atom. The van der Waals surface area contributed by atoms with Gasteiger partial charge in [0, 0.05) is 11.6 Å². The molecule has 3 nitrogen and oxygen atoms in total. The van der Waals surface area contributed by atoms with Crippen molar-refractivity contribution in [3.63, 3.8) is 0 Å². The smallest absolute Gasteiger partial charge is 0.333 e. The van der Waals surface area contributed by atoms with Crippen molar-refractivity contribution in [3.8, 4) is 0 Å². The molecule has 3 N–H and O–H groups in total. The number of halogens is 1. The van der Waals surface area contributed by atoms with Gasteiger partial charge in [-0.3, -0.25) is 0 Å². The van der Waals surface area contributed by atoms with Gasteiger partial charge in [0.25, 0.3) is 0 Å². The van der Waals surface area contributed by atoms with Crippen molar-refractivity contribution in [1.29, 1.82) is 0 Å². The summed E-state index contributed by atoms with van der Waals surface area (Å²) in [5.41, 5.74) is 5.79. The molecule has 0 aromatic rings. The van der Waals surface area contributed by atoms with Gasteiger partial charge in [-0.1, -0.05) is 0 Å². The zero-order valence-electron chi connectivity index (χ0n) is 5.72. The summed E-state index contributed by atoms with van der Waals surface area (Å²) < 4.78 is 0. The second-order valence-electron chi connectivity index (χ2n) is 1.91. The molecule has 58 valence electrons. The van der Waals surface area contributed by atoms with E-state index in [1.165, 1.54) is 0 Å². The van der Waals surface area contributed by atoms with E-state index in [2.05, 4.69) is 0 Å². The molecule has 0 aliphatic rings. The fraction of sp³-hybridized carbons (Fsp3) is 0.500. The van der Waals surface area contributed by atoms with E-state index in [4.69, 9.17) is 22.4 Å². The van der Waals surface area contributed by atoms with Crippen LogP contribution in [0.25, 0.3) is 0 Å². The number of carboxylic acid groups (broad SMARTS) is 1. The number of allylic oxidation sites excluding steroid dienone is 1. The standard InChI is InChI=1S/C6H10ClNO2/c1-4(8)5(2-3-7)6(9)10/h2-3,8H2,1H3,(H,9,10)/b5-4-. The molecule has 0 aliphatic carbocycles. The van der Waals surface area contributed by atoms with Crippen LogP contribution in [0.3, 0.4) is 0 Å². The summed E-state index contributed by atoms with van der Waals surface area (Å²) in [5, 5.41) is 8.48. The molecule has 0 radical (unpaired) electrons. The molecule has 0 saturated carbocycles. The highest BCUT2D eigenvalue weighted by Crippen LogP contribution is 2.05. The Morgan fingerprint density at radius 2 is 2.20 bits per heavy atom. The maximum absolute atomic E-state index is 10.3. The molecule has 0 saturated heterocycles. The Kier molecular flexibility index (Phi) is 3.88. The van der Waals surface area contributed by atoms with Crippen LogP contribution in [0.4, 0.5) is 0 Å². The third-order valence-electron chi connectivity index (χ3n) is 1.08. The minimum absolute atomic E-state index is 0.204. The lowest BCUT2D eigenvalue weighted by atomic mass is 10.2. The fourth-order valence-electron chi connectivity index (χ4n) is 0.567. The van der Waals surface area contributed by atoms with Crippen molar-refractivity contribution in [1.82, 2.24) is 0 Å². The van der Waals surface area contributed by atoms with Crippen molar-refractivity contribution in [2.75, 3.05) is 5.88 Å². The van der Waals surface area contributed by atoms with Crippen LogP contribution in [0, 0.1) is 0 Å². The molecule has 10 heavy (non-hydrogen) atoms. The van der Waals surface area contributed by atoms with Crippen LogP contribution in [0.1, 0.15) is 13.3 Å². The molecule has 0 atom stereocenters. The Hall–Kier alpha value is -0.700. The second kappa shape index (κ2) is 4.17. The van der Waals surface area contributed by atoms with Crippen LogP contribution in [-0.4, -0.2) is 17.0 Å². The number of rotatable bonds is 3. The van der Waals surface area contributed by atoms with Crippen molar-refractivity contribution in [3.05, 3.63) is 11.3 Å². The third-order valence-corrected chi connectivity index (χ3v) is 1.27. The maximum Gasteiger partial charge on any atom is 0.333 e. The topological polar surface area (TPSA) is 63.3 Å². The Labute approximate surface area is 64.5 Å². The van der Waals surface area contributed by atoms with E-state index in [-0.39, 0.29) is 11.5 Å². The number of carboxylic acids is 1. The van der Waals surface area contributed by atoms with Gasteiger partial charge in [-0.25, -0.2) is 4.79 Å². The molecule has 0 spiro atoms. The van der Waals surface area contributed by atoms with Crippen LogP contribution in [0.5, 0.6) is 0 Å². The number of carbonyl (C=O) groups is 1. The van der Waals surface area contributed by atoms with Gasteiger partial charge in [-0.2, -0.15) is 0 Å². The van der Waals surface area contributed by atoms with E-state index >= 15 is 0 Å². The first-order valence-corrected chi connectivity index (χ1v) is 3.37. The largest absolute Gasteiger partial charge is 0.478 e. The van der Waals surface area contributed by atoms with Crippen LogP contribution in [-0.2, 0) is 4.79 Å². The summed E-state index contributed by atoms with van der Waals surface area (Å²) in [4.78, 5) is 10.3. The van der Waals surface area contributed by atoms with Gasteiger partial charge < -0.3 is 10.8 Å². The lowest BCUT2D eigenvalue weighted by Crippen LogP contribution is -2.08. The second-order valence-corrected chi connectivity index (χ2v) is 2.28. The van der Waals surface area contributed by atoms with Crippen LogP contribution in [0.2, 0.25) is 0 Å². The molecule has 0 unspecified atom stereocenters. The number of aliphatic carboxylic acids is 1. The van der Waals surface area contributed by atoms with Gasteiger partial charge in [0.05, 0.1) is 5.57 Å². The predicted molar refractivity (Wildman–Crippen MR) is 39.9 cm³/mol. The monoisotopic (exact) mass is 163 g/mol. The van der Waals surface area contributed by atoms with Gasteiger partial charge in [0.15, 0.2) is 0 Å². The molecule has 0 amide bonds. The third kappa shape index (κ3) is 2.73. The van der Waals surface area contributed by atoms with E-state index in [0.29, 0.717) is 12.1 Å². The summed E-state index contributed by atoms with van der Waals surface area (Å²) in [5.74, 6) is -0.698. The minimum atomic E-state index is -0.986. The zero-order chi connectivity index (χ0) is 8.15. The predicted octanol–water partition coefficient (Wildman–Crippen LogP) is 0.933. The highest BCUT2D eigenvalue weighted by atomic mass is 35.5. The molecule has 0 heterocycles. The lowest BCUT2D eigenvalue weighted by Gasteiger charge is -1.99. The van der Waals surface area contributed by atoms with Gasteiger partial charge in [-0.05, 0) is 13.3 Å². The molecular weight excluding hydrogens is 154 g/mol. The van der Waals surface area contributed by atoms with E-state index in [1.54, 1.807) is 6.92 Å². The lowest BCUT2D eigenvalue weighted by molar-refractivity contribution is -0.132. The molecule has 0 fully saturated rings. The van der Waals surface area contributed by atoms with E-state index in [0.717, 1.165) is 0 Å². The Morgan fingerprint density at radius 1 is 1.70 bits per heavy atom. The molecule has 0 rings (SSSR count). The van der Waals surface area contributed by atoms with E-state index in [1.807, 2.05) is 0 Å². The van der Waals surface area contributed by atoms with Crippen LogP contribution < -0.4 is 5.73 Å². The van der Waals surface area contributed by atoms with E-state index in [9.17, 15) is 4.79 Å². The average molecular weight is 164 g/mol. The molecular formula is C6H10ClNO2. The molecule has 0 aromatic heterocycles. The number of nitrogens with two attached hydrogens (primary N) is 1. The van der Waals surface area contributed by atoms with Crippen molar-refractivity contribution >= 4 is 17.6 Å². The van der Waals surface area contributed by atoms with Gasteiger partial charge in [0.2, 0.25) is 0 Å². The maximum atomic E-state index is 10.3. The van der Waals surface area contributed by atoms with Crippen molar-refractivity contribution in [2.24, 2.45) is 5.73 Å². The first-order valence-electron chi connectivity index (χ1n) is 2.84. The average Bonchev–Trinajstić information content (AvgIpc) is 1.81. The molecule has 4 heteroatoms. The molecule has 0 bridgehead atoms. The Balaban J connectivity index is 4.28. The highest BCUT2D eigenvalue weighted by Gasteiger charge is 2.07. The SMILES string of the molecule is C/C(N)=C(\CCCl)C(=O)O. The van der Waals surface area contributed by atoms with Gasteiger partial charge in [0.1, 0.15) is 0 Å². The number of hydrogen-bond donors (Lipinski definition) is 2. The van der Waals surface area contributed by atoms with Gasteiger partial charge in [-0.15, -0.1) is 11.6 Å². The van der Waals surface area contributed by atoms with Crippen LogP contribution >= 0.6 is 11.6 Å². The fourth-order valence-corrected chi connectivity index (χ4v) is 0.756. The quantitative estimate of drug-likeness (QED) is 0.481. The first kappa shape index (κ1) is 9.30. The van der Waals surface area contributed by atoms with Crippen molar-refractivity contribution in [2.45, 2.75) is 13.3 Å². The zero-order valence-corrected chi connectivity index (χ0v) is 6.48. The normalized spacial score (nSPS) is 12.6. The van der Waals surface area contributed by atoms with Crippen molar-refractivity contribution < 1.29 is 9.90 Å². The highest BCUT2D eigenvalue weighted by molar-refractivity contribution is 6.18. The molecule has 0 aromatic carbocycles. The molecule has 0 aliphatic heterocycles. The summed E-state index contributed by atoms with van der Waals surface area (Å²) in [6.45, 7) is 1.55. The summed E-state index contributed by atoms with van der Waals surface area (Å²) >= 11 is 5.33. The van der Waals surface area contributed by atoms with E-state index < -0.39 is 5.97 Å². The minimum Gasteiger partial charge on any atom is -0.478 e. The Bertz CT molecular complexity index is 161.